The monoisotopic (exact) mass is 143 g/mol. The van der Waals surface area contributed by atoms with Crippen molar-refractivity contribution in [2.24, 2.45) is 17.8 Å². The SMILES string of the molecule is [AlH3].[CH2]C(C(C)C)C(C)C. The van der Waals surface area contributed by atoms with E-state index in [-0.39, 0.29) is 17.4 Å². The minimum Gasteiger partial charge on any atom is -0.0625 e. The Morgan fingerprint density at radius 3 is 1.11 bits per heavy atom. The summed E-state index contributed by atoms with van der Waals surface area (Å²) in [7, 11) is 0. The molecule has 0 nitrogen and oxygen atoms in total. The first kappa shape index (κ1) is 12.2. The average molecular weight is 143 g/mol. The van der Waals surface area contributed by atoms with Crippen molar-refractivity contribution in [3.05, 3.63) is 6.92 Å². The highest BCUT2D eigenvalue weighted by Crippen LogP contribution is 2.17. The third-order valence-corrected chi connectivity index (χ3v) is 1.71. The Hall–Kier alpha value is 0.532. The zero-order chi connectivity index (χ0) is 6.73. The number of hydrogen-bond acceptors (Lipinski definition) is 0. The molecule has 1 radical (unpaired) electrons. The molecule has 0 amide bonds. The van der Waals surface area contributed by atoms with Crippen LogP contribution in [0, 0.1) is 24.7 Å². The van der Waals surface area contributed by atoms with E-state index in [0.717, 1.165) is 11.8 Å². The van der Waals surface area contributed by atoms with Crippen molar-refractivity contribution in [3.8, 4) is 0 Å². The first-order valence-electron chi connectivity index (χ1n) is 3.38. The highest BCUT2D eigenvalue weighted by molar-refractivity contribution is 5.75. The predicted octanol–water partition coefficient (Wildman–Crippen LogP) is 1.56. The van der Waals surface area contributed by atoms with Gasteiger partial charge in [-0.3, -0.25) is 0 Å². The van der Waals surface area contributed by atoms with Gasteiger partial charge in [-0.2, -0.15) is 0 Å². The van der Waals surface area contributed by atoms with E-state index in [1.165, 1.54) is 0 Å². The van der Waals surface area contributed by atoms with Gasteiger partial charge < -0.3 is 0 Å². The summed E-state index contributed by atoms with van der Waals surface area (Å²) in [5, 5.41) is 0. The molecule has 0 atom stereocenters. The highest BCUT2D eigenvalue weighted by Gasteiger charge is 2.09. The van der Waals surface area contributed by atoms with E-state index < -0.39 is 0 Å². The van der Waals surface area contributed by atoms with Crippen molar-refractivity contribution in [2.45, 2.75) is 27.7 Å². The lowest BCUT2D eigenvalue weighted by Gasteiger charge is -2.18. The molecule has 9 heavy (non-hydrogen) atoms. The fraction of sp³-hybridized carbons (Fsp3) is 0.875. The van der Waals surface area contributed by atoms with Crippen LogP contribution in [0.15, 0.2) is 0 Å². The quantitative estimate of drug-likeness (QED) is 0.515. The molecule has 0 aromatic carbocycles. The van der Waals surface area contributed by atoms with E-state index in [1.807, 2.05) is 0 Å². The van der Waals surface area contributed by atoms with Crippen LogP contribution in [0.2, 0.25) is 0 Å². The molecule has 0 aromatic rings. The van der Waals surface area contributed by atoms with Crippen LogP contribution in [0.4, 0.5) is 0 Å². The second kappa shape index (κ2) is 5.33. The van der Waals surface area contributed by atoms with Crippen molar-refractivity contribution < 1.29 is 0 Å². The zero-order valence-corrected chi connectivity index (χ0v) is 6.44. The number of hydrogen-bond donors (Lipinski definition) is 0. The molecule has 0 aliphatic rings. The Morgan fingerprint density at radius 1 is 0.889 bits per heavy atom. The fourth-order valence-electron chi connectivity index (χ4n) is 0.770. The Kier molecular flexibility index (Phi) is 7.24. The molecular formula is C8H20Al. The molecule has 0 N–H and O–H groups in total. The van der Waals surface area contributed by atoms with Gasteiger partial charge in [0.1, 0.15) is 0 Å². The lowest BCUT2D eigenvalue weighted by molar-refractivity contribution is 0.353. The first-order valence-corrected chi connectivity index (χ1v) is 3.38. The van der Waals surface area contributed by atoms with Gasteiger partial charge >= 0.3 is 0 Å². The van der Waals surface area contributed by atoms with E-state index in [2.05, 4.69) is 34.6 Å². The summed E-state index contributed by atoms with van der Waals surface area (Å²) in [6.45, 7) is 12.9. The normalized spacial score (nSPS) is 10.7. The predicted molar refractivity (Wildman–Crippen MR) is 48.5 cm³/mol. The van der Waals surface area contributed by atoms with Gasteiger partial charge in [-0.05, 0) is 24.7 Å². The molecule has 0 saturated carbocycles. The van der Waals surface area contributed by atoms with E-state index in [1.54, 1.807) is 0 Å². The molecule has 0 aromatic heterocycles. The molecule has 0 rings (SSSR count). The van der Waals surface area contributed by atoms with E-state index in [4.69, 9.17) is 0 Å². The molecule has 0 unspecified atom stereocenters. The van der Waals surface area contributed by atoms with Crippen molar-refractivity contribution in [2.75, 3.05) is 0 Å². The summed E-state index contributed by atoms with van der Waals surface area (Å²) in [5.74, 6) is 2.08. The van der Waals surface area contributed by atoms with E-state index in [0.29, 0.717) is 5.92 Å². The molecule has 0 heterocycles. The van der Waals surface area contributed by atoms with Crippen LogP contribution in [0.1, 0.15) is 27.7 Å². The maximum absolute atomic E-state index is 4.04. The lowest BCUT2D eigenvalue weighted by Crippen LogP contribution is -2.10. The maximum atomic E-state index is 4.04. The van der Waals surface area contributed by atoms with E-state index in [9.17, 15) is 0 Å². The van der Waals surface area contributed by atoms with Crippen LogP contribution < -0.4 is 0 Å². The summed E-state index contributed by atoms with van der Waals surface area (Å²) in [6, 6.07) is 0. The van der Waals surface area contributed by atoms with Crippen LogP contribution >= 0.6 is 0 Å². The number of rotatable bonds is 2. The van der Waals surface area contributed by atoms with Gasteiger partial charge in [0, 0.05) is 0 Å². The fourth-order valence-corrected chi connectivity index (χ4v) is 0.770. The van der Waals surface area contributed by atoms with Crippen molar-refractivity contribution in [1.29, 1.82) is 0 Å². The molecule has 55 valence electrons. The molecular weight excluding hydrogens is 123 g/mol. The van der Waals surface area contributed by atoms with Crippen molar-refractivity contribution in [1.82, 2.24) is 0 Å². The van der Waals surface area contributed by atoms with Crippen molar-refractivity contribution in [3.63, 3.8) is 0 Å². The van der Waals surface area contributed by atoms with Gasteiger partial charge in [-0.25, -0.2) is 0 Å². The van der Waals surface area contributed by atoms with Crippen LogP contribution in [-0.2, 0) is 0 Å². The van der Waals surface area contributed by atoms with Crippen LogP contribution in [0.25, 0.3) is 0 Å². The van der Waals surface area contributed by atoms with Crippen LogP contribution in [0.3, 0.4) is 0 Å². The first-order chi connectivity index (χ1) is 3.55. The molecule has 0 aliphatic carbocycles. The minimum absolute atomic E-state index is 0. The van der Waals surface area contributed by atoms with Gasteiger partial charge in [0.25, 0.3) is 0 Å². The van der Waals surface area contributed by atoms with Crippen LogP contribution in [0.5, 0.6) is 0 Å². The summed E-state index contributed by atoms with van der Waals surface area (Å²) in [4.78, 5) is 0. The van der Waals surface area contributed by atoms with Gasteiger partial charge in [0.05, 0.1) is 0 Å². The van der Waals surface area contributed by atoms with Gasteiger partial charge in [-0.15, -0.1) is 0 Å². The van der Waals surface area contributed by atoms with Gasteiger partial charge in [0.15, 0.2) is 17.4 Å². The Morgan fingerprint density at radius 2 is 1.11 bits per heavy atom. The second-order valence-electron chi connectivity index (χ2n) is 3.15. The van der Waals surface area contributed by atoms with E-state index >= 15 is 0 Å². The topological polar surface area (TPSA) is 0 Å². The Balaban J connectivity index is 0. The van der Waals surface area contributed by atoms with Crippen molar-refractivity contribution >= 4 is 17.4 Å². The maximum Gasteiger partial charge on any atom is 0.187 e. The largest absolute Gasteiger partial charge is 0.187 e. The summed E-state index contributed by atoms with van der Waals surface area (Å²) >= 11 is 0. The third-order valence-electron chi connectivity index (χ3n) is 1.71. The summed E-state index contributed by atoms with van der Waals surface area (Å²) < 4.78 is 0. The Labute approximate surface area is 70.2 Å². The second-order valence-corrected chi connectivity index (χ2v) is 3.15. The minimum atomic E-state index is 0. The lowest BCUT2D eigenvalue weighted by atomic mass is 9.88. The van der Waals surface area contributed by atoms with Gasteiger partial charge in [0.2, 0.25) is 0 Å². The van der Waals surface area contributed by atoms with Gasteiger partial charge in [-0.1, -0.05) is 27.7 Å². The standard InChI is InChI=1S/C8H17.Al.3H/c1-6(2)8(5)7(3)4;;;;/h6-8H,5H2,1-4H3;;;;. The average Bonchev–Trinajstić information content (AvgIpc) is 1.64. The Bertz CT molecular complexity index is 49.6. The smallest absolute Gasteiger partial charge is 0.0625 e. The molecule has 0 aliphatic heterocycles. The van der Waals surface area contributed by atoms with Crippen LogP contribution in [-0.4, -0.2) is 17.4 Å². The highest BCUT2D eigenvalue weighted by atomic mass is 27.0. The molecule has 1 heteroatoms. The zero-order valence-electron chi connectivity index (χ0n) is 6.44. The molecule has 0 spiro atoms. The summed E-state index contributed by atoms with van der Waals surface area (Å²) in [6.07, 6.45) is 0. The molecule has 0 saturated heterocycles. The molecule has 0 bridgehead atoms. The summed E-state index contributed by atoms with van der Waals surface area (Å²) in [5.41, 5.74) is 0. The molecule has 0 fully saturated rings. The third kappa shape index (κ3) is 5.00.